The third kappa shape index (κ3) is 4.94. The number of piperazine rings is 1. The number of hydrogen-bond donors (Lipinski definition) is 1. The van der Waals surface area contributed by atoms with Crippen molar-refractivity contribution in [2.45, 2.75) is 64.3 Å². The second-order valence-electron chi connectivity index (χ2n) is 8.65. The van der Waals surface area contributed by atoms with Crippen molar-refractivity contribution in [2.24, 2.45) is 0 Å². The van der Waals surface area contributed by atoms with Gasteiger partial charge in [-0.1, -0.05) is 31.4 Å². The predicted molar refractivity (Wildman–Crippen MR) is 118 cm³/mol. The number of hydrogen-bond acceptors (Lipinski definition) is 4. The number of carbonyl (C=O) groups is 1. The van der Waals surface area contributed by atoms with Crippen molar-refractivity contribution in [1.29, 1.82) is 0 Å². The highest BCUT2D eigenvalue weighted by atomic mass is 32.2. The molecule has 1 aromatic carbocycles. The molecule has 29 heavy (non-hydrogen) atoms. The van der Waals surface area contributed by atoms with Gasteiger partial charge in [-0.2, -0.15) is 0 Å². The average molecular weight is 422 g/mol. The number of nitrogens with one attached hydrogen (secondary N) is 1. The standard InChI is InChI=1S/C22H35N3O3S/c1-4-29(27,28)23-20-10-8-19(9-11-20)22(12-6-5-7-13-22)21(26)25-16-14-24(15-17-25)18(2)3/h8-11,18,23H,4-7,12-17H2,1-3H3. The summed E-state index contributed by atoms with van der Waals surface area (Å²) in [7, 11) is -3.30. The first-order chi connectivity index (χ1) is 13.8. The summed E-state index contributed by atoms with van der Waals surface area (Å²) in [6, 6.07) is 7.99. The summed E-state index contributed by atoms with van der Waals surface area (Å²) in [6.07, 6.45) is 5.03. The van der Waals surface area contributed by atoms with E-state index >= 15 is 0 Å². The Morgan fingerprint density at radius 3 is 2.14 bits per heavy atom. The number of sulfonamides is 1. The van der Waals surface area contributed by atoms with Gasteiger partial charge in [-0.3, -0.25) is 14.4 Å². The van der Waals surface area contributed by atoms with Crippen molar-refractivity contribution in [3.63, 3.8) is 0 Å². The normalized spacial score (nSPS) is 20.6. The fourth-order valence-electron chi connectivity index (χ4n) is 4.63. The first-order valence-electron chi connectivity index (χ1n) is 10.9. The molecule has 2 aliphatic rings. The zero-order chi connectivity index (χ0) is 21.1. The highest BCUT2D eigenvalue weighted by Crippen LogP contribution is 2.41. The number of nitrogens with zero attached hydrogens (tertiary/aromatic N) is 2. The van der Waals surface area contributed by atoms with Crippen molar-refractivity contribution >= 4 is 21.6 Å². The van der Waals surface area contributed by atoms with E-state index in [9.17, 15) is 13.2 Å². The number of rotatable bonds is 6. The van der Waals surface area contributed by atoms with Gasteiger partial charge in [0.15, 0.2) is 0 Å². The maximum Gasteiger partial charge on any atom is 0.233 e. The lowest BCUT2D eigenvalue weighted by Crippen LogP contribution is -2.56. The maximum atomic E-state index is 13.7. The van der Waals surface area contributed by atoms with Crippen LogP contribution in [0.4, 0.5) is 5.69 Å². The first kappa shape index (κ1) is 22.1. The van der Waals surface area contributed by atoms with Crippen molar-refractivity contribution < 1.29 is 13.2 Å². The van der Waals surface area contributed by atoms with Gasteiger partial charge in [0.25, 0.3) is 0 Å². The minimum absolute atomic E-state index is 0.0412. The van der Waals surface area contributed by atoms with Gasteiger partial charge in [0, 0.05) is 37.9 Å². The van der Waals surface area contributed by atoms with E-state index in [-0.39, 0.29) is 11.7 Å². The van der Waals surface area contributed by atoms with Gasteiger partial charge in [-0.05, 0) is 51.3 Å². The molecule has 1 N–H and O–H groups in total. The van der Waals surface area contributed by atoms with E-state index < -0.39 is 15.4 Å². The molecule has 0 spiro atoms. The largest absolute Gasteiger partial charge is 0.339 e. The van der Waals surface area contributed by atoms with Gasteiger partial charge < -0.3 is 4.90 Å². The van der Waals surface area contributed by atoms with Gasteiger partial charge in [0.1, 0.15) is 0 Å². The van der Waals surface area contributed by atoms with Gasteiger partial charge in [-0.15, -0.1) is 0 Å². The molecule has 162 valence electrons. The number of carbonyl (C=O) groups excluding carboxylic acids is 1. The first-order valence-corrected chi connectivity index (χ1v) is 12.6. The predicted octanol–water partition coefficient (Wildman–Crippen LogP) is 3.20. The Balaban J connectivity index is 1.81. The molecule has 7 heteroatoms. The summed E-state index contributed by atoms with van der Waals surface area (Å²) in [4.78, 5) is 18.2. The fraction of sp³-hybridized carbons (Fsp3) is 0.682. The van der Waals surface area contributed by atoms with E-state index in [1.807, 2.05) is 12.1 Å². The van der Waals surface area contributed by atoms with Crippen LogP contribution in [0, 0.1) is 0 Å². The summed E-state index contributed by atoms with van der Waals surface area (Å²) < 4.78 is 26.3. The quantitative estimate of drug-likeness (QED) is 0.766. The zero-order valence-electron chi connectivity index (χ0n) is 18.0. The minimum Gasteiger partial charge on any atom is -0.339 e. The van der Waals surface area contributed by atoms with Crippen LogP contribution in [0.25, 0.3) is 0 Å². The Labute approximate surface area is 175 Å². The Morgan fingerprint density at radius 1 is 1.03 bits per heavy atom. The van der Waals surface area contributed by atoms with Crippen LogP contribution in [-0.4, -0.2) is 62.1 Å². The van der Waals surface area contributed by atoms with Crippen molar-refractivity contribution in [3.05, 3.63) is 29.8 Å². The molecule has 1 heterocycles. The molecule has 1 amide bonds. The summed E-state index contributed by atoms with van der Waals surface area (Å²) in [5.41, 5.74) is 1.10. The van der Waals surface area contributed by atoms with Crippen LogP contribution in [0.3, 0.4) is 0 Å². The van der Waals surface area contributed by atoms with Crippen molar-refractivity contribution in [1.82, 2.24) is 9.80 Å². The lowest BCUT2D eigenvalue weighted by Gasteiger charge is -2.44. The topological polar surface area (TPSA) is 69.7 Å². The van der Waals surface area contributed by atoms with Crippen LogP contribution < -0.4 is 4.72 Å². The van der Waals surface area contributed by atoms with E-state index in [4.69, 9.17) is 0 Å². The molecule has 2 fully saturated rings. The van der Waals surface area contributed by atoms with E-state index in [1.165, 1.54) is 6.42 Å². The molecular formula is C22H35N3O3S. The van der Waals surface area contributed by atoms with Crippen LogP contribution in [0.2, 0.25) is 0 Å². The molecule has 1 aliphatic heterocycles. The van der Waals surface area contributed by atoms with Crippen LogP contribution in [0.1, 0.15) is 58.4 Å². The number of anilines is 1. The van der Waals surface area contributed by atoms with Crippen LogP contribution in [0.5, 0.6) is 0 Å². The second-order valence-corrected chi connectivity index (χ2v) is 10.7. The summed E-state index contributed by atoms with van der Waals surface area (Å²) in [5, 5.41) is 0. The van der Waals surface area contributed by atoms with Crippen molar-refractivity contribution in [2.75, 3.05) is 36.7 Å². The molecule has 0 bridgehead atoms. The lowest BCUT2D eigenvalue weighted by molar-refractivity contribution is -0.141. The Bertz CT molecular complexity index is 791. The molecule has 1 saturated heterocycles. The Hall–Kier alpha value is -1.60. The summed E-state index contributed by atoms with van der Waals surface area (Å²) >= 11 is 0. The number of benzene rings is 1. The highest BCUT2D eigenvalue weighted by Gasteiger charge is 2.44. The Kier molecular flexibility index (Phi) is 6.89. The minimum atomic E-state index is -3.30. The molecule has 0 unspecified atom stereocenters. The Morgan fingerprint density at radius 2 is 1.62 bits per heavy atom. The van der Waals surface area contributed by atoms with Gasteiger partial charge in [-0.25, -0.2) is 8.42 Å². The molecular weight excluding hydrogens is 386 g/mol. The molecule has 0 aromatic heterocycles. The van der Waals surface area contributed by atoms with E-state index in [0.29, 0.717) is 11.7 Å². The van der Waals surface area contributed by atoms with Crippen molar-refractivity contribution in [3.8, 4) is 0 Å². The maximum absolute atomic E-state index is 13.7. The average Bonchev–Trinajstić information content (AvgIpc) is 2.74. The molecule has 3 rings (SSSR count). The second kappa shape index (κ2) is 9.04. The summed E-state index contributed by atoms with van der Waals surface area (Å²) in [6.45, 7) is 9.45. The third-order valence-corrected chi connectivity index (χ3v) is 7.85. The molecule has 0 atom stereocenters. The van der Waals surface area contributed by atoms with E-state index in [1.54, 1.807) is 19.1 Å². The van der Waals surface area contributed by atoms with E-state index in [2.05, 4.69) is 28.4 Å². The number of amides is 1. The smallest absolute Gasteiger partial charge is 0.233 e. The fourth-order valence-corrected chi connectivity index (χ4v) is 5.27. The molecule has 1 aliphatic carbocycles. The third-order valence-electron chi connectivity index (χ3n) is 6.54. The highest BCUT2D eigenvalue weighted by molar-refractivity contribution is 7.92. The molecule has 1 aromatic rings. The van der Waals surface area contributed by atoms with E-state index in [0.717, 1.165) is 57.4 Å². The van der Waals surface area contributed by atoms with Crippen LogP contribution in [-0.2, 0) is 20.2 Å². The molecule has 6 nitrogen and oxygen atoms in total. The molecule has 1 saturated carbocycles. The molecule has 0 radical (unpaired) electrons. The zero-order valence-corrected chi connectivity index (χ0v) is 18.8. The van der Waals surface area contributed by atoms with Gasteiger partial charge >= 0.3 is 0 Å². The van der Waals surface area contributed by atoms with Gasteiger partial charge in [0.2, 0.25) is 15.9 Å². The lowest BCUT2D eigenvalue weighted by atomic mass is 9.68. The van der Waals surface area contributed by atoms with Gasteiger partial charge in [0.05, 0.1) is 11.2 Å². The van der Waals surface area contributed by atoms with Crippen LogP contribution >= 0.6 is 0 Å². The summed E-state index contributed by atoms with van der Waals surface area (Å²) in [5.74, 6) is 0.294. The SMILES string of the molecule is CCS(=O)(=O)Nc1ccc(C2(C(=O)N3CCN(C(C)C)CC3)CCCCC2)cc1. The monoisotopic (exact) mass is 421 g/mol. The van der Waals surface area contributed by atoms with Crippen LogP contribution in [0.15, 0.2) is 24.3 Å².